The lowest BCUT2D eigenvalue weighted by atomic mass is 10.2. The lowest BCUT2D eigenvalue weighted by Gasteiger charge is -2.07. The second kappa shape index (κ2) is 7.38. The summed E-state index contributed by atoms with van der Waals surface area (Å²) in [5.41, 5.74) is 1.74. The van der Waals surface area contributed by atoms with Crippen molar-refractivity contribution in [2.75, 3.05) is 11.9 Å². The first-order valence-corrected chi connectivity index (χ1v) is 7.96. The topological polar surface area (TPSA) is 55.4 Å². The highest BCUT2D eigenvalue weighted by atomic mass is 79.9. The number of carbonyl (C=O) groups excluding carboxylic acids is 2. The highest BCUT2D eigenvalue weighted by Gasteiger charge is 2.09. The van der Waals surface area contributed by atoms with Crippen molar-refractivity contribution in [3.8, 4) is 0 Å². The van der Waals surface area contributed by atoms with E-state index < -0.39 is 5.97 Å². The molecular weight excluding hydrogens is 354 g/mol. The highest BCUT2D eigenvalue weighted by molar-refractivity contribution is 9.10. The van der Waals surface area contributed by atoms with Gasteiger partial charge in [0.15, 0.2) is 6.61 Å². The van der Waals surface area contributed by atoms with Crippen molar-refractivity contribution in [3.63, 3.8) is 0 Å². The van der Waals surface area contributed by atoms with Gasteiger partial charge in [-0.1, -0.05) is 28.1 Å². The van der Waals surface area contributed by atoms with Crippen molar-refractivity contribution < 1.29 is 14.3 Å². The van der Waals surface area contributed by atoms with Crippen LogP contribution in [0.1, 0.15) is 10.4 Å². The van der Waals surface area contributed by atoms with Gasteiger partial charge in [-0.3, -0.25) is 9.59 Å². The average Bonchev–Trinajstić information content (AvgIpc) is 2.93. The molecule has 1 aromatic heterocycles. The molecule has 0 saturated heterocycles. The Morgan fingerprint density at radius 2 is 2.14 bits per heavy atom. The molecule has 0 saturated carbocycles. The van der Waals surface area contributed by atoms with Crippen molar-refractivity contribution in [2.45, 2.75) is 13.3 Å². The highest BCUT2D eigenvalue weighted by Crippen LogP contribution is 2.20. The number of hydrogen-bond acceptors (Lipinski definition) is 4. The number of anilines is 1. The maximum atomic E-state index is 11.7. The van der Waals surface area contributed by atoms with Crippen LogP contribution in [-0.4, -0.2) is 18.5 Å². The molecule has 21 heavy (non-hydrogen) atoms. The third kappa shape index (κ3) is 4.99. The lowest BCUT2D eigenvalue weighted by Crippen LogP contribution is -2.21. The number of nitrogens with one attached hydrogen (secondary N) is 1. The van der Waals surface area contributed by atoms with Crippen LogP contribution in [-0.2, 0) is 20.7 Å². The van der Waals surface area contributed by atoms with Crippen LogP contribution in [0, 0.1) is 6.92 Å². The van der Waals surface area contributed by atoms with Crippen molar-refractivity contribution in [1.82, 2.24) is 0 Å². The molecule has 0 radical (unpaired) electrons. The second-order valence-electron chi connectivity index (χ2n) is 4.43. The Hall–Kier alpha value is -1.66. The third-order valence-corrected chi connectivity index (χ3v) is 4.45. The summed E-state index contributed by atoms with van der Waals surface area (Å²) in [6, 6.07) is 9.22. The number of carbonyl (C=O) groups is 2. The SMILES string of the molecule is Cc1ccc(NC(=O)COC(=O)Cc2cccs2)cc1Br. The fourth-order valence-electron chi connectivity index (χ4n) is 1.62. The molecule has 0 spiro atoms. The largest absolute Gasteiger partial charge is 0.455 e. The Bertz CT molecular complexity index is 640. The zero-order chi connectivity index (χ0) is 15.2. The van der Waals surface area contributed by atoms with E-state index in [2.05, 4.69) is 21.2 Å². The second-order valence-corrected chi connectivity index (χ2v) is 6.32. The van der Waals surface area contributed by atoms with Crippen LogP contribution < -0.4 is 5.32 Å². The molecule has 0 atom stereocenters. The van der Waals surface area contributed by atoms with Crippen molar-refractivity contribution >= 4 is 44.8 Å². The van der Waals surface area contributed by atoms with Gasteiger partial charge in [-0.05, 0) is 36.1 Å². The van der Waals surface area contributed by atoms with Crippen LogP contribution in [0.25, 0.3) is 0 Å². The van der Waals surface area contributed by atoms with E-state index in [0.717, 1.165) is 14.9 Å². The number of thiophene rings is 1. The van der Waals surface area contributed by atoms with Gasteiger partial charge >= 0.3 is 5.97 Å². The molecule has 0 fully saturated rings. The maximum absolute atomic E-state index is 11.7. The van der Waals surface area contributed by atoms with Gasteiger partial charge < -0.3 is 10.1 Å². The molecule has 6 heteroatoms. The first-order valence-electron chi connectivity index (χ1n) is 6.28. The van der Waals surface area contributed by atoms with Crippen molar-refractivity contribution in [2.24, 2.45) is 0 Å². The monoisotopic (exact) mass is 367 g/mol. The van der Waals surface area contributed by atoms with Gasteiger partial charge in [0.25, 0.3) is 5.91 Å². The predicted octanol–water partition coefficient (Wildman–Crippen LogP) is 3.54. The molecular formula is C15H14BrNO3S. The molecule has 0 aliphatic heterocycles. The molecule has 2 rings (SSSR count). The van der Waals surface area contributed by atoms with E-state index >= 15 is 0 Å². The molecule has 0 unspecified atom stereocenters. The van der Waals surface area contributed by atoms with E-state index in [-0.39, 0.29) is 18.9 Å². The smallest absolute Gasteiger partial charge is 0.311 e. The van der Waals surface area contributed by atoms with E-state index in [9.17, 15) is 9.59 Å². The van der Waals surface area contributed by atoms with E-state index in [4.69, 9.17) is 4.74 Å². The zero-order valence-corrected chi connectivity index (χ0v) is 13.8. The summed E-state index contributed by atoms with van der Waals surface area (Å²) in [4.78, 5) is 24.2. The number of aryl methyl sites for hydroxylation is 1. The van der Waals surface area contributed by atoms with Gasteiger partial charge in [-0.15, -0.1) is 11.3 Å². The van der Waals surface area contributed by atoms with E-state index in [1.807, 2.05) is 30.5 Å². The molecule has 1 amide bonds. The summed E-state index contributed by atoms with van der Waals surface area (Å²) >= 11 is 4.88. The number of amides is 1. The molecule has 2 aromatic rings. The van der Waals surface area contributed by atoms with Crippen LogP contribution in [0.2, 0.25) is 0 Å². The van der Waals surface area contributed by atoms with Crippen LogP contribution >= 0.6 is 27.3 Å². The number of hydrogen-bond donors (Lipinski definition) is 1. The molecule has 0 aliphatic carbocycles. The number of esters is 1. The molecule has 0 bridgehead atoms. The van der Waals surface area contributed by atoms with Crippen LogP contribution in [0.3, 0.4) is 0 Å². The number of rotatable bonds is 5. The fraction of sp³-hybridized carbons (Fsp3) is 0.200. The van der Waals surface area contributed by atoms with Crippen LogP contribution in [0.4, 0.5) is 5.69 Å². The van der Waals surface area contributed by atoms with Gasteiger partial charge in [-0.2, -0.15) is 0 Å². The minimum atomic E-state index is -0.405. The lowest BCUT2D eigenvalue weighted by molar-refractivity contribution is -0.146. The first kappa shape index (κ1) is 15.7. The molecule has 1 aromatic carbocycles. The maximum Gasteiger partial charge on any atom is 0.311 e. The van der Waals surface area contributed by atoms with E-state index in [1.165, 1.54) is 11.3 Å². The van der Waals surface area contributed by atoms with Crippen molar-refractivity contribution in [3.05, 3.63) is 50.6 Å². The van der Waals surface area contributed by atoms with E-state index in [1.54, 1.807) is 12.1 Å². The summed E-state index contributed by atoms with van der Waals surface area (Å²) < 4.78 is 5.86. The van der Waals surface area contributed by atoms with Crippen molar-refractivity contribution in [1.29, 1.82) is 0 Å². The summed E-state index contributed by atoms with van der Waals surface area (Å²) in [7, 11) is 0. The Balaban J connectivity index is 1.79. The van der Waals surface area contributed by atoms with Gasteiger partial charge in [0.2, 0.25) is 0 Å². The summed E-state index contributed by atoms with van der Waals surface area (Å²) in [5.74, 6) is -0.761. The molecule has 1 heterocycles. The third-order valence-electron chi connectivity index (χ3n) is 2.72. The Kier molecular flexibility index (Phi) is 5.52. The van der Waals surface area contributed by atoms with Gasteiger partial charge in [0.1, 0.15) is 0 Å². The minimum absolute atomic E-state index is 0.195. The normalized spacial score (nSPS) is 10.2. The van der Waals surface area contributed by atoms with Gasteiger partial charge in [0.05, 0.1) is 6.42 Å². The average molecular weight is 368 g/mol. The Morgan fingerprint density at radius 1 is 1.33 bits per heavy atom. The van der Waals surface area contributed by atoms with Gasteiger partial charge in [-0.25, -0.2) is 0 Å². The Morgan fingerprint density at radius 3 is 2.81 bits per heavy atom. The number of benzene rings is 1. The standard InChI is InChI=1S/C15H14BrNO3S/c1-10-4-5-11(7-13(10)16)17-14(18)9-20-15(19)8-12-3-2-6-21-12/h2-7H,8-9H2,1H3,(H,17,18). The summed E-state index contributed by atoms with van der Waals surface area (Å²) in [5, 5.41) is 4.57. The Labute approximate surface area is 135 Å². The van der Waals surface area contributed by atoms with Gasteiger partial charge in [0, 0.05) is 15.0 Å². The summed E-state index contributed by atoms with van der Waals surface area (Å²) in [6.45, 7) is 1.68. The first-order chi connectivity index (χ1) is 10.0. The molecule has 4 nitrogen and oxygen atoms in total. The van der Waals surface area contributed by atoms with Crippen LogP contribution in [0.5, 0.6) is 0 Å². The van der Waals surface area contributed by atoms with E-state index in [0.29, 0.717) is 5.69 Å². The number of ether oxygens (including phenoxy) is 1. The number of halogens is 1. The zero-order valence-electron chi connectivity index (χ0n) is 11.4. The molecule has 1 N–H and O–H groups in total. The molecule has 110 valence electrons. The predicted molar refractivity (Wildman–Crippen MR) is 86.5 cm³/mol. The molecule has 0 aliphatic rings. The summed E-state index contributed by atoms with van der Waals surface area (Å²) in [6.07, 6.45) is 0.195. The fourth-order valence-corrected chi connectivity index (χ4v) is 2.69. The quantitative estimate of drug-likeness (QED) is 0.822. The minimum Gasteiger partial charge on any atom is -0.455 e. The van der Waals surface area contributed by atoms with Crippen LogP contribution in [0.15, 0.2) is 40.2 Å².